The lowest BCUT2D eigenvalue weighted by molar-refractivity contribution is 0.102. The van der Waals surface area contributed by atoms with Crippen LogP contribution in [0.2, 0.25) is 0 Å². The Kier molecular flexibility index (Phi) is 5.13. The van der Waals surface area contributed by atoms with Crippen LogP contribution in [-0.2, 0) is 12.0 Å². The van der Waals surface area contributed by atoms with Crippen molar-refractivity contribution in [3.63, 3.8) is 0 Å². The third-order valence-electron chi connectivity index (χ3n) is 4.46. The molecule has 0 atom stereocenters. The van der Waals surface area contributed by atoms with Crippen molar-refractivity contribution >= 4 is 11.6 Å². The number of nitrogens with zero attached hydrogens (tertiary/aromatic N) is 2. The molecule has 0 unspecified atom stereocenters. The van der Waals surface area contributed by atoms with Gasteiger partial charge in [0.05, 0.1) is 5.69 Å². The van der Waals surface area contributed by atoms with Gasteiger partial charge in [0.25, 0.3) is 5.91 Å². The molecule has 0 fully saturated rings. The SMILES string of the molecule is CCn1nc(C(=O)Nc2ccc(F)cc2)cc1-c1ccc(C(C)(C)C)cc1. The minimum Gasteiger partial charge on any atom is -0.321 e. The van der Waals surface area contributed by atoms with Crippen LogP contribution in [0.1, 0.15) is 43.7 Å². The molecule has 0 radical (unpaired) electrons. The zero-order chi connectivity index (χ0) is 19.6. The second kappa shape index (κ2) is 7.35. The third kappa shape index (κ3) is 4.25. The van der Waals surface area contributed by atoms with Gasteiger partial charge in [-0.1, -0.05) is 45.0 Å². The van der Waals surface area contributed by atoms with Gasteiger partial charge in [0.2, 0.25) is 0 Å². The average Bonchev–Trinajstić information content (AvgIpc) is 3.07. The number of aryl methyl sites for hydroxylation is 1. The van der Waals surface area contributed by atoms with Gasteiger partial charge in [-0.05, 0) is 53.8 Å². The fraction of sp³-hybridized carbons (Fsp3) is 0.273. The molecule has 3 aromatic rings. The molecule has 4 nitrogen and oxygen atoms in total. The molecule has 140 valence electrons. The summed E-state index contributed by atoms with van der Waals surface area (Å²) in [5.74, 6) is -0.661. The molecule has 0 spiro atoms. The normalized spacial score (nSPS) is 11.4. The summed E-state index contributed by atoms with van der Waals surface area (Å²) in [5, 5.41) is 7.17. The Bertz CT molecular complexity index is 935. The molecular weight excluding hydrogens is 341 g/mol. The summed E-state index contributed by atoms with van der Waals surface area (Å²) in [5.41, 5.74) is 4.10. The van der Waals surface area contributed by atoms with Crippen LogP contribution in [0.15, 0.2) is 54.6 Å². The van der Waals surface area contributed by atoms with Crippen LogP contribution in [0.25, 0.3) is 11.3 Å². The Hall–Kier alpha value is -2.95. The Morgan fingerprint density at radius 3 is 2.26 bits per heavy atom. The lowest BCUT2D eigenvalue weighted by atomic mass is 9.86. The molecule has 0 aliphatic rings. The number of anilines is 1. The first-order chi connectivity index (χ1) is 12.8. The summed E-state index contributed by atoms with van der Waals surface area (Å²) < 4.78 is 14.8. The smallest absolute Gasteiger partial charge is 0.276 e. The van der Waals surface area contributed by atoms with Crippen LogP contribution in [0, 0.1) is 5.82 Å². The molecule has 3 rings (SSSR count). The monoisotopic (exact) mass is 365 g/mol. The number of halogens is 1. The van der Waals surface area contributed by atoms with E-state index in [2.05, 4.69) is 55.5 Å². The van der Waals surface area contributed by atoms with E-state index in [1.807, 2.05) is 11.6 Å². The van der Waals surface area contributed by atoms with E-state index in [1.54, 1.807) is 6.07 Å². The second-order valence-corrected chi connectivity index (χ2v) is 7.52. The summed E-state index contributed by atoms with van der Waals surface area (Å²) in [6, 6.07) is 15.8. The van der Waals surface area contributed by atoms with E-state index >= 15 is 0 Å². The molecule has 1 aromatic heterocycles. The summed E-state index contributed by atoms with van der Waals surface area (Å²) in [4.78, 5) is 12.5. The molecule has 0 saturated heterocycles. The molecular formula is C22H24FN3O. The molecule has 0 saturated carbocycles. The molecule has 0 aliphatic heterocycles. The predicted octanol–water partition coefficient (Wildman–Crippen LogP) is 5.26. The predicted molar refractivity (Wildman–Crippen MR) is 106 cm³/mol. The molecule has 1 amide bonds. The molecule has 2 aromatic carbocycles. The van der Waals surface area contributed by atoms with Crippen molar-refractivity contribution < 1.29 is 9.18 Å². The number of carbonyl (C=O) groups is 1. The lowest BCUT2D eigenvalue weighted by Gasteiger charge is -2.19. The van der Waals surface area contributed by atoms with Gasteiger partial charge in [-0.15, -0.1) is 0 Å². The Morgan fingerprint density at radius 2 is 1.70 bits per heavy atom. The number of aromatic nitrogens is 2. The van der Waals surface area contributed by atoms with Crippen molar-refractivity contribution in [2.45, 2.75) is 39.7 Å². The standard InChI is InChI=1S/C22H24FN3O/c1-5-26-20(15-6-8-16(9-7-15)22(2,3)4)14-19(25-26)21(27)24-18-12-10-17(23)11-13-18/h6-14H,5H2,1-4H3,(H,24,27). The minimum atomic E-state index is -0.343. The zero-order valence-electron chi connectivity index (χ0n) is 16.1. The van der Waals surface area contributed by atoms with E-state index < -0.39 is 0 Å². The Labute approximate surface area is 159 Å². The van der Waals surface area contributed by atoms with Gasteiger partial charge in [0.15, 0.2) is 5.69 Å². The highest BCUT2D eigenvalue weighted by Crippen LogP contribution is 2.27. The first kappa shape index (κ1) is 18.8. The Balaban J connectivity index is 1.86. The van der Waals surface area contributed by atoms with Crippen LogP contribution in [0.5, 0.6) is 0 Å². The third-order valence-corrected chi connectivity index (χ3v) is 4.46. The van der Waals surface area contributed by atoms with Gasteiger partial charge in [-0.2, -0.15) is 5.10 Å². The molecule has 1 N–H and O–H groups in total. The van der Waals surface area contributed by atoms with Crippen LogP contribution in [0.4, 0.5) is 10.1 Å². The Morgan fingerprint density at radius 1 is 1.07 bits per heavy atom. The van der Waals surface area contributed by atoms with Crippen molar-refractivity contribution in [2.75, 3.05) is 5.32 Å². The molecule has 0 bridgehead atoms. The first-order valence-electron chi connectivity index (χ1n) is 9.03. The van der Waals surface area contributed by atoms with Crippen LogP contribution in [0.3, 0.4) is 0 Å². The maximum absolute atomic E-state index is 13.0. The van der Waals surface area contributed by atoms with Crippen molar-refractivity contribution in [3.05, 3.63) is 71.7 Å². The molecule has 0 aliphatic carbocycles. The number of benzene rings is 2. The van der Waals surface area contributed by atoms with Crippen molar-refractivity contribution in [3.8, 4) is 11.3 Å². The van der Waals surface area contributed by atoms with Crippen molar-refractivity contribution in [2.24, 2.45) is 0 Å². The fourth-order valence-electron chi connectivity index (χ4n) is 2.87. The quantitative estimate of drug-likeness (QED) is 0.685. The van der Waals surface area contributed by atoms with Gasteiger partial charge in [0, 0.05) is 12.2 Å². The van der Waals surface area contributed by atoms with Crippen LogP contribution >= 0.6 is 0 Å². The second-order valence-electron chi connectivity index (χ2n) is 7.52. The number of hydrogen-bond donors (Lipinski definition) is 1. The van der Waals surface area contributed by atoms with E-state index in [0.29, 0.717) is 17.9 Å². The summed E-state index contributed by atoms with van der Waals surface area (Å²) in [7, 11) is 0. The maximum Gasteiger partial charge on any atom is 0.276 e. The van der Waals surface area contributed by atoms with Gasteiger partial charge in [-0.3, -0.25) is 9.48 Å². The van der Waals surface area contributed by atoms with Crippen LogP contribution < -0.4 is 5.32 Å². The first-order valence-corrected chi connectivity index (χ1v) is 9.03. The van der Waals surface area contributed by atoms with Gasteiger partial charge in [0.1, 0.15) is 5.82 Å². The van der Waals surface area contributed by atoms with E-state index in [4.69, 9.17) is 0 Å². The number of rotatable bonds is 4. The molecule has 27 heavy (non-hydrogen) atoms. The summed E-state index contributed by atoms with van der Waals surface area (Å²) in [6.07, 6.45) is 0. The highest BCUT2D eigenvalue weighted by Gasteiger charge is 2.17. The van der Waals surface area contributed by atoms with E-state index in [9.17, 15) is 9.18 Å². The minimum absolute atomic E-state index is 0.0870. The summed E-state index contributed by atoms with van der Waals surface area (Å²) in [6.45, 7) is 9.17. The fourth-order valence-corrected chi connectivity index (χ4v) is 2.87. The van der Waals surface area contributed by atoms with Gasteiger partial charge in [-0.25, -0.2) is 4.39 Å². The van der Waals surface area contributed by atoms with Gasteiger partial charge >= 0.3 is 0 Å². The number of carbonyl (C=O) groups excluding carboxylic acids is 1. The number of nitrogens with one attached hydrogen (secondary N) is 1. The highest BCUT2D eigenvalue weighted by atomic mass is 19.1. The van der Waals surface area contributed by atoms with Crippen LogP contribution in [-0.4, -0.2) is 15.7 Å². The van der Waals surface area contributed by atoms with E-state index in [-0.39, 0.29) is 17.1 Å². The number of hydrogen-bond acceptors (Lipinski definition) is 2. The van der Waals surface area contributed by atoms with E-state index in [1.165, 1.54) is 29.8 Å². The van der Waals surface area contributed by atoms with E-state index in [0.717, 1.165) is 11.3 Å². The summed E-state index contributed by atoms with van der Waals surface area (Å²) >= 11 is 0. The number of amides is 1. The zero-order valence-corrected chi connectivity index (χ0v) is 16.1. The van der Waals surface area contributed by atoms with Crippen molar-refractivity contribution in [1.29, 1.82) is 0 Å². The molecule has 1 heterocycles. The van der Waals surface area contributed by atoms with Gasteiger partial charge < -0.3 is 5.32 Å². The highest BCUT2D eigenvalue weighted by molar-refractivity contribution is 6.03. The topological polar surface area (TPSA) is 46.9 Å². The molecule has 5 heteroatoms. The largest absolute Gasteiger partial charge is 0.321 e. The maximum atomic E-state index is 13.0. The lowest BCUT2D eigenvalue weighted by Crippen LogP contribution is -2.13. The average molecular weight is 365 g/mol. The van der Waals surface area contributed by atoms with Crippen molar-refractivity contribution in [1.82, 2.24) is 9.78 Å².